The Hall–Kier alpha value is -2.83. The quantitative estimate of drug-likeness (QED) is 0.789. The molecule has 1 aromatic carbocycles. The average molecular weight is 330 g/mol. The molecule has 1 N–H and O–H groups in total. The van der Waals surface area contributed by atoms with E-state index in [1.54, 1.807) is 24.9 Å². The number of nitrogens with one attached hydrogen (secondary N) is 1. The number of rotatable bonds is 7. The minimum atomic E-state index is -0.215. The van der Waals surface area contributed by atoms with Crippen LogP contribution in [-0.4, -0.2) is 41.3 Å². The predicted octanol–water partition coefficient (Wildman–Crippen LogP) is 3.04. The average Bonchev–Trinajstić information content (AvgIpc) is 2.96. The van der Waals surface area contributed by atoms with Gasteiger partial charge in [-0.25, -0.2) is 4.79 Å². The summed E-state index contributed by atoms with van der Waals surface area (Å²) in [6.07, 6.45) is 0.531. The molecule has 24 heavy (non-hydrogen) atoms. The number of urea groups is 1. The number of anilines is 1. The molecule has 0 atom stereocenters. The van der Waals surface area contributed by atoms with E-state index in [-0.39, 0.29) is 6.03 Å². The van der Waals surface area contributed by atoms with E-state index in [0.717, 1.165) is 5.57 Å². The summed E-state index contributed by atoms with van der Waals surface area (Å²) < 4.78 is 10.5. The first kappa shape index (κ1) is 17.5. The number of hydrogen-bond acceptors (Lipinski definition) is 5. The standard InChI is InChI=1S/C17H22N4O3/c1-12(2)11-23-15-7-5-6-14(10-15)19-17(22)21(4)9-8-16-18-13(3)24-20-16/h5-7,10H,1,8-9,11H2,2-4H3,(H,19,22). The van der Waals surface area contributed by atoms with Gasteiger partial charge in [-0.05, 0) is 24.6 Å². The summed E-state index contributed by atoms with van der Waals surface area (Å²) in [6.45, 7) is 8.35. The van der Waals surface area contributed by atoms with E-state index in [4.69, 9.17) is 9.26 Å². The lowest BCUT2D eigenvalue weighted by molar-refractivity contribution is 0.222. The van der Waals surface area contributed by atoms with Crippen LogP contribution in [0.5, 0.6) is 5.75 Å². The summed E-state index contributed by atoms with van der Waals surface area (Å²) in [5.74, 6) is 1.78. The maximum atomic E-state index is 12.2. The molecule has 7 heteroatoms. The molecule has 0 unspecified atom stereocenters. The number of likely N-dealkylation sites (N-methyl/N-ethyl adjacent to an activating group) is 1. The third-order valence-corrected chi connectivity index (χ3v) is 3.16. The summed E-state index contributed by atoms with van der Waals surface area (Å²) in [6, 6.07) is 7.03. The third kappa shape index (κ3) is 5.42. The number of aryl methyl sites for hydroxylation is 1. The lowest BCUT2D eigenvalue weighted by Crippen LogP contribution is -2.33. The second-order valence-corrected chi connectivity index (χ2v) is 5.60. The molecule has 1 aromatic heterocycles. The third-order valence-electron chi connectivity index (χ3n) is 3.16. The van der Waals surface area contributed by atoms with Crippen LogP contribution < -0.4 is 10.1 Å². The van der Waals surface area contributed by atoms with Gasteiger partial charge in [0.1, 0.15) is 12.4 Å². The minimum Gasteiger partial charge on any atom is -0.489 e. The van der Waals surface area contributed by atoms with Gasteiger partial charge < -0.3 is 19.5 Å². The monoisotopic (exact) mass is 330 g/mol. The van der Waals surface area contributed by atoms with Crippen LogP contribution in [0.25, 0.3) is 0 Å². The van der Waals surface area contributed by atoms with Crippen molar-refractivity contribution in [3.63, 3.8) is 0 Å². The Kier molecular flexibility index (Phi) is 5.95. The fraction of sp³-hybridized carbons (Fsp3) is 0.353. The number of aromatic nitrogens is 2. The normalized spacial score (nSPS) is 10.3. The van der Waals surface area contributed by atoms with E-state index in [1.165, 1.54) is 0 Å². The zero-order valence-electron chi connectivity index (χ0n) is 14.2. The first-order valence-corrected chi connectivity index (χ1v) is 7.62. The lowest BCUT2D eigenvalue weighted by Gasteiger charge is -2.17. The Balaban J connectivity index is 1.86. The molecule has 1 heterocycles. The van der Waals surface area contributed by atoms with Gasteiger partial charge in [-0.3, -0.25) is 0 Å². The highest BCUT2D eigenvalue weighted by atomic mass is 16.5. The van der Waals surface area contributed by atoms with Crippen molar-refractivity contribution in [1.82, 2.24) is 15.0 Å². The zero-order valence-corrected chi connectivity index (χ0v) is 14.2. The van der Waals surface area contributed by atoms with Crippen LogP contribution in [-0.2, 0) is 6.42 Å². The van der Waals surface area contributed by atoms with Crippen LogP contribution in [0.2, 0.25) is 0 Å². The van der Waals surface area contributed by atoms with Crippen molar-refractivity contribution in [3.8, 4) is 5.75 Å². The highest BCUT2D eigenvalue weighted by Crippen LogP contribution is 2.18. The molecule has 2 amide bonds. The number of carbonyl (C=O) groups excluding carboxylic acids is 1. The molecule has 0 fully saturated rings. The minimum absolute atomic E-state index is 0.215. The Morgan fingerprint density at radius 1 is 1.46 bits per heavy atom. The van der Waals surface area contributed by atoms with E-state index in [1.807, 2.05) is 25.1 Å². The number of carbonyl (C=O) groups is 1. The number of amides is 2. The summed E-state index contributed by atoms with van der Waals surface area (Å²) >= 11 is 0. The van der Waals surface area contributed by atoms with Crippen molar-refractivity contribution in [2.24, 2.45) is 0 Å². The molecule has 0 saturated heterocycles. The van der Waals surface area contributed by atoms with Crippen LogP contribution in [0, 0.1) is 6.92 Å². The largest absolute Gasteiger partial charge is 0.489 e. The summed E-state index contributed by atoms with van der Waals surface area (Å²) in [5, 5.41) is 6.64. The SMILES string of the molecule is C=C(C)COc1cccc(NC(=O)N(C)CCc2noc(C)n2)c1. The van der Waals surface area contributed by atoms with Crippen molar-refractivity contribution in [2.75, 3.05) is 25.5 Å². The first-order chi connectivity index (χ1) is 11.4. The molecule has 7 nitrogen and oxygen atoms in total. The van der Waals surface area contributed by atoms with Crippen molar-refractivity contribution in [3.05, 3.63) is 48.1 Å². The number of benzene rings is 1. The summed E-state index contributed by atoms with van der Waals surface area (Å²) in [7, 11) is 1.71. The lowest BCUT2D eigenvalue weighted by atomic mass is 10.3. The fourth-order valence-corrected chi connectivity index (χ4v) is 1.90. The molecule has 128 valence electrons. The molecule has 0 aliphatic heterocycles. The van der Waals surface area contributed by atoms with E-state index in [9.17, 15) is 4.79 Å². The smallest absolute Gasteiger partial charge is 0.321 e. The zero-order chi connectivity index (χ0) is 17.5. The number of ether oxygens (including phenoxy) is 1. The second-order valence-electron chi connectivity index (χ2n) is 5.60. The molecule has 0 spiro atoms. The van der Waals surface area contributed by atoms with Crippen LogP contribution >= 0.6 is 0 Å². The van der Waals surface area contributed by atoms with Gasteiger partial charge in [0.15, 0.2) is 5.82 Å². The van der Waals surface area contributed by atoms with Crippen LogP contribution in [0.15, 0.2) is 40.9 Å². The molecular weight excluding hydrogens is 308 g/mol. The summed E-state index contributed by atoms with van der Waals surface area (Å²) in [5.41, 5.74) is 1.60. The van der Waals surface area contributed by atoms with Crippen LogP contribution in [0.1, 0.15) is 18.6 Å². The van der Waals surface area contributed by atoms with Gasteiger partial charge in [-0.1, -0.05) is 17.8 Å². The van der Waals surface area contributed by atoms with Gasteiger partial charge in [0.25, 0.3) is 0 Å². The van der Waals surface area contributed by atoms with Gasteiger partial charge in [-0.2, -0.15) is 4.98 Å². The molecule has 2 aromatic rings. The summed E-state index contributed by atoms with van der Waals surface area (Å²) in [4.78, 5) is 17.9. The fourth-order valence-electron chi connectivity index (χ4n) is 1.90. The number of nitrogens with zero attached hydrogens (tertiary/aromatic N) is 3. The van der Waals surface area contributed by atoms with E-state index in [0.29, 0.717) is 42.7 Å². The molecule has 0 saturated carbocycles. The molecular formula is C17H22N4O3. The van der Waals surface area contributed by atoms with E-state index >= 15 is 0 Å². The maximum absolute atomic E-state index is 12.2. The van der Waals surface area contributed by atoms with Crippen molar-refractivity contribution >= 4 is 11.7 Å². The van der Waals surface area contributed by atoms with Crippen molar-refractivity contribution in [1.29, 1.82) is 0 Å². The Morgan fingerprint density at radius 3 is 2.92 bits per heavy atom. The van der Waals surface area contributed by atoms with Crippen molar-refractivity contribution in [2.45, 2.75) is 20.3 Å². The second kappa shape index (κ2) is 8.14. The Morgan fingerprint density at radius 2 is 2.25 bits per heavy atom. The predicted molar refractivity (Wildman–Crippen MR) is 91.1 cm³/mol. The Labute approximate surface area is 141 Å². The number of hydrogen-bond donors (Lipinski definition) is 1. The van der Waals surface area contributed by atoms with Crippen molar-refractivity contribution < 1.29 is 14.1 Å². The topological polar surface area (TPSA) is 80.5 Å². The van der Waals surface area contributed by atoms with E-state index in [2.05, 4.69) is 22.0 Å². The Bertz CT molecular complexity index is 711. The van der Waals surface area contributed by atoms with Crippen LogP contribution in [0.3, 0.4) is 0 Å². The molecule has 0 radical (unpaired) electrons. The molecule has 0 aliphatic rings. The highest BCUT2D eigenvalue weighted by Gasteiger charge is 2.11. The van der Waals surface area contributed by atoms with Gasteiger partial charge in [0.2, 0.25) is 5.89 Å². The van der Waals surface area contributed by atoms with Gasteiger partial charge in [-0.15, -0.1) is 0 Å². The molecule has 0 aliphatic carbocycles. The van der Waals surface area contributed by atoms with Gasteiger partial charge >= 0.3 is 6.03 Å². The molecule has 2 rings (SSSR count). The first-order valence-electron chi connectivity index (χ1n) is 7.62. The van der Waals surface area contributed by atoms with Gasteiger partial charge in [0.05, 0.1) is 0 Å². The highest BCUT2D eigenvalue weighted by molar-refractivity contribution is 5.89. The molecule has 0 bridgehead atoms. The maximum Gasteiger partial charge on any atom is 0.321 e. The van der Waals surface area contributed by atoms with E-state index < -0.39 is 0 Å². The van der Waals surface area contributed by atoms with Gasteiger partial charge in [0, 0.05) is 38.7 Å². The van der Waals surface area contributed by atoms with Crippen LogP contribution in [0.4, 0.5) is 10.5 Å².